The van der Waals surface area contributed by atoms with Crippen LogP contribution in [0.5, 0.6) is 0 Å². The molecule has 0 aromatic heterocycles. The van der Waals surface area contributed by atoms with Crippen LogP contribution in [0.2, 0.25) is 0 Å². The van der Waals surface area contributed by atoms with E-state index in [9.17, 15) is 0 Å². The Kier molecular flexibility index (Phi) is 10.5. The Balaban J connectivity index is 3.49. The van der Waals surface area contributed by atoms with Crippen LogP contribution in [0.3, 0.4) is 0 Å². The van der Waals surface area contributed by atoms with Gasteiger partial charge in [-0.2, -0.15) is 0 Å². The molecular weight excluding hydrogens is 252 g/mol. The van der Waals surface area contributed by atoms with E-state index in [1.807, 2.05) is 0 Å². The quantitative estimate of drug-likeness (QED) is 0.406. The third-order valence-electron chi connectivity index (χ3n) is 3.89. The fraction of sp³-hybridized carbons (Fsp3) is 1.00. The van der Waals surface area contributed by atoms with Gasteiger partial charge in [-0.3, -0.25) is 4.90 Å². The Morgan fingerprint density at radius 3 is 1.80 bits per heavy atom. The first kappa shape index (κ1) is 19.8. The molecule has 0 radical (unpaired) electrons. The summed E-state index contributed by atoms with van der Waals surface area (Å²) in [6, 6.07) is 1.15. The molecule has 0 N–H and O–H groups in total. The highest BCUT2D eigenvalue weighted by Crippen LogP contribution is 2.03. The highest BCUT2D eigenvalue weighted by atomic mass is 16.5. The lowest BCUT2D eigenvalue weighted by Gasteiger charge is -2.30. The van der Waals surface area contributed by atoms with Crippen LogP contribution in [0.4, 0.5) is 0 Å². The van der Waals surface area contributed by atoms with Crippen LogP contribution in [0, 0.1) is 0 Å². The summed E-state index contributed by atoms with van der Waals surface area (Å²) < 4.78 is 12.3. The van der Waals surface area contributed by atoms with E-state index in [-0.39, 0.29) is 0 Å². The Hall–Kier alpha value is -0.160. The molecule has 0 saturated carbocycles. The van der Waals surface area contributed by atoms with Gasteiger partial charge in [0.2, 0.25) is 0 Å². The molecule has 0 aliphatic heterocycles. The van der Waals surface area contributed by atoms with E-state index in [4.69, 9.17) is 9.47 Å². The smallest absolute Gasteiger partial charge is 0.102 e. The minimum atomic E-state index is 0.573. The molecule has 4 nitrogen and oxygen atoms in total. The number of hydrogen-bond donors (Lipinski definition) is 0. The molecule has 0 saturated heterocycles. The summed E-state index contributed by atoms with van der Waals surface area (Å²) in [4.78, 5) is 2.45. The fourth-order valence-corrected chi connectivity index (χ4v) is 2.07. The SMILES string of the molecule is CC[N+](C)(C)CCOCCOCCN(C(C)C)C(C)C. The van der Waals surface area contributed by atoms with Gasteiger partial charge >= 0.3 is 0 Å². The molecule has 0 bridgehead atoms. The van der Waals surface area contributed by atoms with E-state index in [0.29, 0.717) is 25.3 Å². The molecule has 20 heavy (non-hydrogen) atoms. The molecule has 0 fully saturated rings. The van der Waals surface area contributed by atoms with Gasteiger partial charge in [0.1, 0.15) is 6.54 Å². The minimum Gasteiger partial charge on any atom is -0.378 e. The van der Waals surface area contributed by atoms with Crippen molar-refractivity contribution in [3.63, 3.8) is 0 Å². The van der Waals surface area contributed by atoms with Crippen molar-refractivity contribution in [1.82, 2.24) is 4.90 Å². The molecule has 0 aliphatic carbocycles. The largest absolute Gasteiger partial charge is 0.378 e. The highest BCUT2D eigenvalue weighted by Gasteiger charge is 2.12. The van der Waals surface area contributed by atoms with Crippen molar-refractivity contribution in [2.45, 2.75) is 46.7 Å². The van der Waals surface area contributed by atoms with Crippen LogP contribution in [-0.2, 0) is 9.47 Å². The summed E-state index contributed by atoms with van der Waals surface area (Å²) in [6.45, 7) is 17.3. The summed E-state index contributed by atoms with van der Waals surface area (Å²) in [5.74, 6) is 0. The van der Waals surface area contributed by atoms with E-state index in [1.54, 1.807) is 0 Å². The molecule has 0 aromatic rings. The maximum absolute atomic E-state index is 5.65. The van der Waals surface area contributed by atoms with Gasteiger partial charge in [-0.1, -0.05) is 0 Å². The van der Waals surface area contributed by atoms with Crippen molar-refractivity contribution >= 4 is 0 Å². The third kappa shape index (κ3) is 9.70. The topological polar surface area (TPSA) is 21.7 Å². The lowest BCUT2D eigenvalue weighted by atomic mass is 10.2. The lowest BCUT2D eigenvalue weighted by molar-refractivity contribution is -0.888. The van der Waals surface area contributed by atoms with Crippen molar-refractivity contribution in [3.05, 3.63) is 0 Å². The normalized spacial score (nSPS) is 12.9. The second-order valence-electron chi connectivity index (χ2n) is 6.63. The summed E-state index contributed by atoms with van der Waals surface area (Å²) in [6.07, 6.45) is 0. The molecule has 4 heteroatoms. The number of nitrogens with zero attached hydrogens (tertiary/aromatic N) is 2. The predicted molar refractivity (Wildman–Crippen MR) is 86.1 cm³/mol. The van der Waals surface area contributed by atoms with E-state index < -0.39 is 0 Å². The van der Waals surface area contributed by atoms with E-state index >= 15 is 0 Å². The molecule has 0 aliphatic rings. The zero-order chi connectivity index (χ0) is 15.6. The van der Waals surface area contributed by atoms with Gasteiger partial charge in [-0.25, -0.2) is 0 Å². The van der Waals surface area contributed by atoms with Gasteiger partial charge in [0.25, 0.3) is 0 Å². The number of ether oxygens (including phenoxy) is 2. The van der Waals surface area contributed by atoms with Gasteiger partial charge in [0.05, 0.1) is 47.1 Å². The summed E-state index contributed by atoms with van der Waals surface area (Å²) in [7, 11) is 4.46. The van der Waals surface area contributed by atoms with Crippen LogP contribution < -0.4 is 0 Å². The van der Waals surface area contributed by atoms with E-state index in [0.717, 1.165) is 37.3 Å². The molecule has 0 rings (SSSR count). The molecule has 0 heterocycles. The third-order valence-corrected chi connectivity index (χ3v) is 3.89. The Labute approximate surface area is 126 Å². The molecule has 0 amide bonds. The molecule has 0 spiro atoms. The van der Waals surface area contributed by atoms with Crippen molar-refractivity contribution < 1.29 is 14.0 Å². The Morgan fingerprint density at radius 1 is 0.850 bits per heavy atom. The molecule has 122 valence electrons. The monoisotopic (exact) mass is 289 g/mol. The number of rotatable bonds is 12. The van der Waals surface area contributed by atoms with Crippen molar-refractivity contribution in [1.29, 1.82) is 0 Å². The van der Waals surface area contributed by atoms with Crippen LogP contribution in [0.1, 0.15) is 34.6 Å². The zero-order valence-electron chi connectivity index (χ0n) is 14.8. The van der Waals surface area contributed by atoms with E-state index in [1.165, 1.54) is 0 Å². The fourth-order valence-electron chi connectivity index (χ4n) is 2.07. The number of hydrogen-bond acceptors (Lipinski definition) is 3. The molecule has 0 atom stereocenters. The first-order valence-corrected chi connectivity index (χ1v) is 8.03. The van der Waals surface area contributed by atoms with Gasteiger partial charge in [-0.05, 0) is 34.6 Å². The van der Waals surface area contributed by atoms with Gasteiger partial charge in [0, 0.05) is 18.6 Å². The number of quaternary nitrogens is 1. The lowest BCUT2D eigenvalue weighted by Crippen LogP contribution is -2.42. The van der Waals surface area contributed by atoms with E-state index in [2.05, 4.69) is 53.6 Å². The standard InChI is InChI=1S/C16H37N2O2/c1-8-18(6,7)10-12-20-14-13-19-11-9-17(15(2)3)16(4)5/h15-16H,8-14H2,1-7H3/q+1. The first-order chi connectivity index (χ1) is 9.30. The summed E-state index contributed by atoms with van der Waals surface area (Å²) >= 11 is 0. The Morgan fingerprint density at radius 2 is 1.35 bits per heavy atom. The maximum atomic E-state index is 5.65. The predicted octanol–water partition coefficient (Wildman–Crippen LogP) is 2.23. The Bertz CT molecular complexity index is 223. The maximum Gasteiger partial charge on any atom is 0.102 e. The second-order valence-corrected chi connectivity index (χ2v) is 6.63. The average Bonchev–Trinajstić information content (AvgIpc) is 2.35. The number of likely N-dealkylation sites (N-methyl/N-ethyl adjacent to an activating group) is 1. The molecule has 0 aromatic carbocycles. The zero-order valence-corrected chi connectivity index (χ0v) is 14.8. The van der Waals surface area contributed by atoms with Gasteiger partial charge in [-0.15, -0.1) is 0 Å². The minimum absolute atomic E-state index is 0.573. The van der Waals surface area contributed by atoms with Crippen molar-refractivity contribution in [2.24, 2.45) is 0 Å². The van der Waals surface area contributed by atoms with Crippen LogP contribution >= 0.6 is 0 Å². The molecule has 0 unspecified atom stereocenters. The summed E-state index contributed by atoms with van der Waals surface area (Å²) in [5, 5.41) is 0. The first-order valence-electron chi connectivity index (χ1n) is 8.03. The van der Waals surface area contributed by atoms with Crippen LogP contribution in [0.15, 0.2) is 0 Å². The van der Waals surface area contributed by atoms with Gasteiger partial charge in [0.15, 0.2) is 0 Å². The summed E-state index contributed by atoms with van der Waals surface area (Å²) in [5.41, 5.74) is 0. The highest BCUT2D eigenvalue weighted by molar-refractivity contribution is 4.66. The second kappa shape index (κ2) is 10.6. The molecular formula is C16H37N2O2+. The van der Waals surface area contributed by atoms with Crippen LogP contribution in [0.25, 0.3) is 0 Å². The van der Waals surface area contributed by atoms with Crippen molar-refractivity contribution in [3.8, 4) is 0 Å². The van der Waals surface area contributed by atoms with Gasteiger partial charge < -0.3 is 14.0 Å². The van der Waals surface area contributed by atoms with Crippen molar-refractivity contribution in [2.75, 3.05) is 60.2 Å². The van der Waals surface area contributed by atoms with Crippen LogP contribution in [-0.4, -0.2) is 81.6 Å². The average molecular weight is 289 g/mol.